The molecule has 0 spiro atoms. The van der Waals surface area contributed by atoms with Crippen LogP contribution >= 0.6 is 0 Å². The largest absolute Gasteiger partial charge is 0.489 e. The van der Waals surface area contributed by atoms with Crippen LogP contribution in [0.2, 0.25) is 0 Å². The first-order chi connectivity index (χ1) is 11.6. The van der Waals surface area contributed by atoms with E-state index >= 15 is 0 Å². The van der Waals surface area contributed by atoms with E-state index in [-0.39, 0.29) is 24.8 Å². The molecule has 6 heteroatoms. The van der Waals surface area contributed by atoms with Gasteiger partial charge < -0.3 is 19.2 Å². The van der Waals surface area contributed by atoms with Crippen molar-refractivity contribution in [3.63, 3.8) is 0 Å². The Morgan fingerprint density at radius 3 is 2.79 bits per heavy atom. The van der Waals surface area contributed by atoms with E-state index in [4.69, 9.17) is 14.3 Å². The highest BCUT2D eigenvalue weighted by molar-refractivity contribution is 5.93. The van der Waals surface area contributed by atoms with Crippen LogP contribution in [0.5, 0.6) is 5.75 Å². The fourth-order valence-electron chi connectivity index (χ4n) is 2.82. The zero-order valence-electron chi connectivity index (χ0n) is 13.2. The molecule has 2 aromatic rings. The van der Waals surface area contributed by atoms with Crippen LogP contribution in [0.15, 0.2) is 47.1 Å². The lowest BCUT2D eigenvalue weighted by molar-refractivity contribution is -0.143. The Bertz CT molecular complexity index is 709. The number of hydrogen-bond donors (Lipinski definition) is 1. The van der Waals surface area contributed by atoms with Crippen molar-refractivity contribution in [2.45, 2.75) is 19.4 Å². The molecule has 0 unspecified atom stereocenters. The maximum atomic E-state index is 12.6. The molecule has 1 aliphatic rings. The van der Waals surface area contributed by atoms with Gasteiger partial charge in [0.15, 0.2) is 5.76 Å². The van der Waals surface area contributed by atoms with Gasteiger partial charge in [-0.25, -0.2) is 0 Å². The predicted octanol–water partition coefficient (Wildman–Crippen LogP) is 2.80. The van der Waals surface area contributed by atoms with Crippen molar-refractivity contribution < 1.29 is 23.8 Å². The van der Waals surface area contributed by atoms with Crippen molar-refractivity contribution in [2.75, 3.05) is 13.1 Å². The lowest BCUT2D eigenvalue weighted by Crippen LogP contribution is -2.42. The fourth-order valence-corrected chi connectivity index (χ4v) is 2.82. The number of carboxylic acids is 1. The third kappa shape index (κ3) is 3.59. The zero-order chi connectivity index (χ0) is 16.9. The molecule has 3 rings (SSSR count). The first-order valence-corrected chi connectivity index (χ1v) is 7.91. The molecule has 1 aromatic carbocycles. The average molecular weight is 329 g/mol. The lowest BCUT2D eigenvalue weighted by Gasteiger charge is -2.30. The molecule has 0 saturated carbocycles. The molecule has 1 saturated heterocycles. The second-order valence-electron chi connectivity index (χ2n) is 5.81. The summed E-state index contributed by atoms with van der Waals surface area (Å²) in [5.41, 5.74) is 0.654. The summed E-state index contributed by atoms with van der Waals surface area (Å²) in [6.07, 6.45) is 2.73. The number of benzene rings is 1. The number of furan rings is 1. The van der Waals surface area contributed by atoms with Crippen molar-refractivity contribution in [3.05, 3.63) is 54.0 Å². The summed E-state index contributed by atoms with van der Waals surface area (Å²) in [6, 6.07) is 11.0. The molecule has 0 radical (unpaired) electrons. The number of carboxylic acid groups (broad SMARTS) is 1. The minimum Gasteiger partial charge on any atom is -0.489 e. The minimum absolute atomic E-state index is 0.216. The van der Waals surface area contributed by atoms with Crippen molar-refractivity contribution in [2.24, 2.45) is 5.92 Å². The summed E-state index contributed by atoms with van der Waals surface area (Å²) in [7, 11) is 0. The molecule has 6 nitrogen and oxygen atoms in total. The highest BCUT2D eigenvalue weighted by atomic mass is 16.5. The summed E-state index contributed by atoms with van der Waals surface area (Å²) >= 11 is 0. The summed E-state index contributed by atoms with van der Waals surface area (Å²) in [4.78, 5) is 25.3. The second kappa shape index (κ2) is 7.21. The molecule has 2 heterocycles. The zero-order valence-corrected chi connectivity index (χ0v) is 13.2. The molecule has 1 amide bonds. The van der Waals surface area contributed by atoms with Crippen LogP contribution in [0, 0.1) is 5.92 Å². The van der Waals surface area contributed by atoms with E-state index in [9.17, 15) is 9.59 Å². The Balaban J connectivity index is 1.67. The van der Waals surface area contributed by atoms with Crippen LogP contribution in [-0.2, 0) is 11.4 Å². The number of para-hydroxylation sites is 1. The van der Waals surface area contributed by atoms with Gasteiger partial charge in [-0.3, -0.25) is 9.59 Å². The number of ether oxygens (including phenoxy) is 1. The van der Waals surface area contributed by atoms with Crippen molar-refractivity contribution in [1.82, 2.24) is 4.90 Å². The van der Waals surface area contributed by atoms with Crippen molar-refractivity contribution in [1.29, 1.82) is 0 Å². The first kappa shape index (κ1) is 16.1. The van der Waals surface area contributed by atoms with Crippen LogP contribution in [-0.4, -0.2) is 35.0 Å². The number of carbonyl (C=O) groups is 2. The van der Waals surface area contributed by atoms with Crippen LogP contribution in [0.4, 0.5) is 0 Å². The van der Waals surface area contributed by atoms with Gasteiger partial charge in [0.1, 0.15) is 12.4 Å². The molecule has 126 valence electrons. The fraction of sp³-hybridized carbons (Fsp3) is 0.333. The van der Waals surface area contributed by atoms with Crippen LogP contribution in [0.1, 0.15) is 29.0 Å². The van der Waals surface area contributed by atoms with Crippen LogP contribution < -0.4 is 4.74 Å². The van der Waals surface area contributed by atoms with E-state index in [0.717, 1.165) is 0 Å². The van der Waals surface area contributed by atoms with Gasteiger partial charge >= 0.3 is 5.97 Å². The number of nitrogens with zero attached hydrogens (tertiary/aromatic N) is 1. The van der Waals surface area contributed by atoms with Gasteiger partial charge in [0, 0.05) is 18.7 Å². The van der Waals surface area contributed by atoms with Gasteiger partial charge in [0.2, 0.25) is 0 Å². The number of likely N-dealkylation sites (tertiary alicyclic amines) is 1. The van der Waals surface area contributed by atoms with Gasteiger partial charge in [-0.1, -0.05) is 18.2 Å². The summed E-state index contributed by atoms with van der Waals surface area (Å²) < 4.78 is 11.0. The SMILES string of the molecule is O=C(O)[C@H]1CCCN(C(=O)c2occc2COc2ccccc2)C1. The van der Waals surface area contributed by atoms with E-state index in [0.29, 0.717) is 30.7 Å². The standard InChI is InChI=1S/C18H19NO5/c20-17(19-9-4-5-13(11-19)18(21)22)16-14(8-10-23-16)12-24-15-6-2-1-3-7-15/h1-3,6-8,10,13H,4-5,9,11-12H2,(H,21,22)/t13-/m0/s1. The van der Waals surface area contributed by atoms with E-state index in [2.05, 4.69) is 0 Å². The molecular weight excluding hydrogens is 310 g/mol. The summed E-state index contributed by atoms with van der Waals surface area (Å²) in [6.45, 7) is 0.980. The maximum Gasteiger partial charge on any atom is 0.308 e. The number of piperidine rings is 1. The van der Waals surface area contributed by atoms with E-state index in [1.54, 1.807) is 11.0 Å². The van der Waals surface area contributed by atoms with E-state index in [1.165, 1.54) is 6.26 Å². The van der Waals surface area contributed by atoms with Crippen LogP contribution in [0.3, 0.4) is 0 Å². The van der Waals surface area contributed by atoms with E-state index < -0.39 is 11.9 Å². The number of rotatable bonds is 5. The number of aliphatic carboxylic acids is 1. The van der Waals surface area contributed by atoms with Gasteiger partial charge in [0.25, 0.3) is 5.91 Å². The Hall–Kier alpha value is -2.76. The molecule has 1 aromatic heterocycles. The molecular formula is C18H19NO5. The smallest absolute Gasteiger partial charge is 0.308 e. The van der Waals surface area contributed by atoms with Gasteiger partial charge in [-0.05, 0) is 31.0 Å². The first-order valence-electron chi connectivity index (χ1n) is 7.91. The average Bonchev–Trinajstić information content (AvgIpc) is 3.09. The van der Waals surface area contributed by atoms with Crippen LogP contribution in [0.25, 0.3) is 0 Å². The van der Waals surface area contributed by atoms with Crippen molar-refractivity contribution >= 4 is 11.9 Å². The molecule has 1 N–H and O–H groups in total. The molecule has 1 aliphatic heterocycles. The van der Waals surface area contributed by atoms with Gasteiger partial charge in [-0.2, -0.15) is 0 Å². The topological polar surface area (TPSA) is 80.0 Å². The monoisotopic (exact) mass is 329 g/mol. The normalized spacial score (nSPS) is 17.5. The molecule has 0 aliphatic carbocycles. The lowest BCUT2D eigenvalue weighted by atomic mass is 9.98. The molecule has 1 atom stereocenters. The highest BCUT2D eigenvalue weighted by Gasteiger charge is 2.30. The Kier molecular flexibility index (Phi) is 4.84. The second-order valence-corrected chi connectivity index (χ2v) is 5.81. The predicted molar refractivity (Wildman–Crippen MR) is 85.7 cm³/mol. The minimum atomic E-state index is -0.862. The molecule has 0 bridgehead atoms. The highest BCUT2D eigenvalue weighted by Crippen LogP contribution is 2.22. The number of hydrogen-bond acceptors (Lipinski definition) is 4. The molecule has 24 heavy (non-hydrogen) atoms. The van der Waals surface area contributed by atoms with Crippen molar-refractivity contribution in [3.8, 4) is 5.75 Å². The number of carbonyl (C=O) groups excluding carboxylic acids is 1. The maximum absolute atomic E-state index is 12.6. The quantitative estimate of drug-likeness (QED) is 0.912. The van der Waals surface area contributed by atoms with Gasteiger partial charge in [-0.15, -0.1) is 0 Å². The Morgan fingerprint density at radius 2 is 2.04 bits per heavy atom. The Labute approximate surface area is 139 Å². The number of amides is 1. The third-order valence-corrected chi connectivity index (χ3v) is 4.14. The third-order valence-electron chi connectivity index (χ3n) is 4.14. The Morgan fingerprint density at radius 1 is 1.25 bits per heavy atom. The van der Waals surface area contributed by atoms with E-state index in [1.807, 2.05) is 30.3 Å². The summed E-state index contributed by atoms with van der Waals surface area (Å²) in [5, 5.41) is 9.15. The van der Waals surface area contributed by atoms with Gasteiger partial charge in [0.05, 0.1) is 12.2 Å². The summed E-state index contributed by atoms with van der Waals surface area (Å²) in [5.74, 6) is -0.725. The molecule has 1 fully saturated rings.